The first kappa shape index (κ1) is 16.8. The van der Waals surface area contributed by atoms with Gasteiger partial charge in [-0.1, -0.05) is 31.4 Å². The molecule has 1 aliphatic rings. The zero-order valence-electron chi connectivity index (χ0n) is 14.0. The van der Waals surface area contributed by atoms with Crippen molar-refractivity contribution in [1.29, 1.82) is 0 Å². The number of carbonyl (C=O) groups is 1. The molecule has 0 spiro atoms. The van der Waals surface area contributed by atoms with Gasteiger partial charge in [-0.2, -0.15) is 0 Å². The third-order valence-electron chi connectivity index (χ3n) is 4.56. The predicted molar refractivity (Wildman–Crippen MR) is 89.0 cm³/mol. The molecule has 2 rings (SSSR count). The lowest BCUT2D eigenvalue weighted by molar-refractivity contribution is -0.132. The summed E-state index contributed by atoms with van der Waals surface area (Å²) < 4.78 is 5.23. The Morgan fingerprint density at radius 1 is 1.23 bits per heavy atom. The van der Waals surface area contributed by atoms with E-state index in [-0.39, 0.29) is 5.91 Å². The van der Waals surface area contributed by atoms with Gasteiger partial charge in [-0.05, 0) is 37.6 Å². The van der Waals surface area contributed by atoms with Gasteiger partial charge in [0.1, 0.15) is 5.75 Å². The van der Waals surface area contributed by atoms with Crippen LogP contribution in [0.5, 0.6) is 5.75 Å². The van der Waals surface area contributed by atoms with Crippen LogP contribution in [0.3, 0.4) is 0 Å². The zero-order valence-corrected chi connectivity index (χ0v) is 14.0. The van der Waals surface area contributed by atoms with E-state index < -0.39 is 0 Å². The van der Waals surface area contributed by atoms with Gasteiger partial charge in [-0.15, -0.1) is 0 Å². The molecule has 0 saturated heterocycles. The molecule has 1 aromatic carbocycles. The Labute approximate surface area is 134 Å². The second-order valence-electron chi connectivity index (χ2n) is 6.31. The molecular weight excluding hydrogens is 276 g/mol. The van der Waals surface area contributed by atoms with E-state index in [1.54, 1.807) is 12.0 Å². The summed E-state index contributed by atoms with van der Waals surface area (Å²) in [6.45, 7) is 1.12. The number of hydrogen-bond acceptors (Lipinski definition) is 3. The first-order valence-corrected chi connectivity index (χ1v) is 8.17. The summed E-state index contributed by atoms with van der Waals surface area (Å²) in [5, 5.41) is 0. The molecule has 122 valence electrons. The van der Waals surface area contributed by atoms with Crippen LogP contribution in [-0.4, -0.2) is 49.5 Å². The van der Waals surface area contributed by atoms with Crippen LogP contribution in [0.2, 0.25) is 0 Å². The zero-order chi connectivity index (χ0) is 15.9. The van der Waals surface area contributed by atoms with E-state index in [0.717, 1.165) is 11.3 Å². The molecular formula is C18H28N2O2. The number of hydrogen-bond donors (Lipinski definition) is 0. The molecule has 0 bridgehead atoms. The quantitative estimate of drug-likeness (QED) is 0.810. The van der Waals surface area contributed by atoms with Crippen LogP contribution in [-0.2, 0) is 11.3 Å². The number of amides is 1. The van der Waals surface area contributed by atoms with Crippen LogP contribution >= 0.6 is 0 Å². The highest BCUT2D eigenvalue weighted by molar-refractivity contribution is 5.78. The maximum absolute atomic E-state index is 12.4. The van der Waals surface area contributed by atoms with Gasteiger partial charge < -0.3 is 9.64 Å². The van der Waals surface area contributed by atoms with Gasteiger partial charge in [0, 0.05) is 19.6 Å². The Kier molecular flexibility index (Phi) is 6.25. The Balaban J connectivity index is 1.85. The van der Waals surface area contributed by atoms with Crippen molar-refractivity contribution >= 4 is 5.91 Å². The number of rotatable bonds is 6. The summed E-state index contributed by atoms with van der Waals surface area (Å²) in [6, 6.07) is 8.46. The van der Waals surface area contributed by atoms with Crippen molar-refractivity contribution in [1.82, 2.24) is 9.80 Å². The van der Waals surface area contributed by atoms with Gasteiger partial charge in [-0.3, -0.25) is 9.69 Å². The third kappa shape index (κ3) is 4.73. The maximum Gasteiger partial charge on any atom is 0.236 e. The fraction of sp³-hybridized carbons (Fsp3) is 0.611. The van der Waals surface area contributed by atoms with Gasteiger partial charge in [0.25, 0.3) is 0 Å². The van der Waals surface area contributed by atoms with Crippen LogP contribution in [0.1, 0.15) is 37.7 Å². The molecule has 0 atom stereocenters. The minimum atomic E-state index is 0.177. The van der Waals surface area contributed by atoms with Crippen LogP contribution in [0.4, 0.5) is 0 Å². The van der Waals surface area contributed by atoms with Crippen molar-refractivity contribution < 1.29 is 9.53 Å². The van der Waals surface area contributed by atoms with Gasteiger partial charge in [-0.25, -0.2) is 0 Å². The molecule has 0 heterocycles. The molecule has 1 aliphatic carbocycles. The fourth-order valence-electron chi connectivity index (χ4n) is 3.12. The van der Waals surface area contributed by atoms with E-state index in [4.69, 9.17) is 4.74 Å². The smallest absolute Gasteiger partial charge is 0.236 e. The molecule has 1 saturated carbocycles. The SMILES string of the molecule is COc1cccc(CN(C)C(=O)CN(C)C2CCCCC2)c1. The van der Waals surface area contributed by atoms with Gasteiger partial charge in [0.2, 0.25) is 5.91 Å². The topological polar surface area (TPSA) is 32.8 Å². The summed E-state index contributed by atoms with van der Waals surface area (Å²) in [7, 11) is 5.61. The van der Waals surface area contributed by atoms with E-state index in [2.05, 4.69) is 11.9 Å². The van der Waals surface area contributed by atoms with E-state index >= 15 is 0 Å². The summed E-state index contributed by atoms with van der Waals surface area (Å²) in [5.41, 5.74) is 1.09. The average molecular weight is 304 g/mol. The molecule has 0 radical (unpaired) electrons. The first-order valence-electron chi connectivity index (χ1n) is 8.17. The first-order chi connectivity index (χ1) is 10.6. The second-order valence-corrected chi connectivity index (χ2v) is 6.31. The summed E-state index contributed by atoms with van der Waals surface area (Å²) in [6.07, 6.45) is 6.38. The number of benzene rings is 1. The highest BCUT2D eigenvalue weighted by atomic mass is 16.5. The maximum atomic E-state index is 12.4. The summed E-state index contributed by atoms with van der Waals surface area (Å²) in [4.78, 5) is 16.4. The lowest BCUT2D eigenvalue weighted by atomic mass is 9.94. The molecule has 4 heteroatoms. The number of ether oxygens (including phenoxy) is 1. The van der Waals surface area contributed by atoms with Crippen molar-refractivity contribution in [3.05, 3.63) is 29.8 Å². The minimum Gasteiger partial charge on any atom is -0.497 e. The monoisotopic (exact) mass is 304 g/mol. The molecule has 22 heavy (non-hydrogen) atoms. The minimum absolute atomic E-state index is 0.177. The fourth-order valence-corrected chi connectivity index (χ4v) is 3.12. The lowest BCUT2D eigenvalue weighted by Crippen LogP contribution is -2.41. The molecule has 0 unspecified atom stereocenters. The van der Waals surface area contributed by atoms with Crippen molar-refractivity contribution in [3.8, 4) is 5.75 Å². The van der Waals surface area contributed by atoms with Gasteiger partial charge in [0.15, 0.2) is 0 Å². The van der Waals surface area contributed by atoms with Crippen LogP contribution in [0.15, 0.2) is 24.3 Å². The normalized spacial score (nSPS) is 15.8. The Morgan fingerprint density at radius 2 is 1.95 bits per heavy atom. The number of likely N-dealkylation sites (N-methyl/N-ethyl adjacent to an activating group) is 2. The van der Waals surface area contributed by atoms with E-state index in [9.17, 15) is 4.79 Å². The lowest BCUT2D eigenvalue weighted by Gasteiger charge is -2.31. The number of carbonyl (C=O) groups excluding carboxylic acids is 1. The number of methoxy groups -OCH3 is 1. The van der Waals surface area contributed by atoms with E-state index in [1.165, 1.54) is 32.1 Å². The van der Waals surface area contributed by atoms with Crippen LogP contribution < -0.4 is 4.74 Å². The average Bonchev–Trinajstić information content (AvgIpc) is 2.55. The highest BCUT2D eigenvalue weighted by Crippen LogP contribution is 2.21. The van der Waals surface area contributed by atoms with Crippen LogP contribution in [0.25, 0.3) is 0 Å². The highest BCUT2D eigenvalue weighted by Gasteiger charge is 2.21. The van der Waals surface area contributed by atoms with Gasteiger partial charge >= 0.3 is 0 Å². The largest absolute Gasteiger partial charge is 0.497 e. The van der Waals surface area contributed by atoms with Crippen molar-refractivity contribution in [2.45, 2.75) is 44.7 Å². The summed E-state index contributed by atoms with van der Waals surface area (Å²) >= 11 is 0. The Hall–Kier alpha value is -1.55. The van der Waals surface area contributed by atoms with E-state index in [0.29, 0.717) is 19.1 Å². The predicted octanol–water partition coefficient (Wildman–Crippen LogP) is 2.92. The number of nitrogens with zero attached hydrogens (tertiary/aromatic N) is 2. The third-order valence-corrected chi connectivity index (χ3v) is 4.56. The van der Waals surface area contributed by atoms with E-state index in [1.807, 2.05) is 31.3 Å². The standard InChI is InChI=1S/C18H28N2O2/c1-19(16-9-5-4-6-10-16)14-18(21)20(2)13-15-8-7-11-17(12-15)22-3/h7-8,11-12,16H,4-6,9-10,13-14H2,1-3H3. The molecule has 0 N–H and O–H groups in total. The molecule has 1 aromatic rings. The second kappa shape index (κ2) is 8.18. The summed E-state index contributed by atoms with van der Waals surface area (Å²) in [5.74, 6) is 1.01. The molecule has 4 nitrogen and oxygen atoms in total. The molecule has 1 amide bonds. The molecule has 1 fully saturated rings. The molecule has 0 aromatic heterocycles. The Bertz CT molecular complexity index is 484. The Morgan fingerprint density at radius 3 is 2.64 bits per heavy atom. The van der Waals surface area contributed by atoms with Crippen LogP contribution in [0, 0.1) is 0 Å². The van der Waals surface area contributed by atoms with Crippen molar-refractivity contribution in [3.63, 3.8) is 0 Å². The van der Waals surface area contributed by atoms with Crippen molar-refractivity contribution in [2.75, 3.05) is 27.7 Å². The molecule has 0 aliphatic heterocycles. The van der Waals surface area contributed by atoms with Gasteiger partial charge in [0.05, 0.1) is 13.7 Å². The van der Waals surface area contributed by atoms with Crippen molar-refractivity contribution in [2.24, 2.45) is 0 Å².